The van der Waals surface area contributed by atoms with Crippen LogP contribution in [0.2, 0.25) is 0 Å². The maximum absolute atomic E-state index is 12.6. The number of amides is 1. The van der Waals surface area contributed by atoms with Gasteiger partial charge in [-0.05, 0) is 31.2 Å². The number of carbonyl (C=O) groups excluding carboxylic acids is 1. The van der Waals surface area contributed by atoms with E-state index in [1.165, 1.54) is 36.8 Å². The highest BCUT2D eigenvalue weighted by Gasteiger charge is 2.28. The van der Waals surface area contributed by atoms with Gasteiger partial charge in [-0.25, -0.2) is 4.68 Å². The van der Waals surface area contributed by atoms with Gasteiger partial charge in [0.2, 0.25) is 5.91 Å². The summed E-state index contributed by atoms with van der Waals surface area (Å²) >= 11 is 0. The predicted octanol–water partition coefficient (Wildman–Crippen LogP) is 2.95. The minimum Gasteiger partial charge on any atom is -0.353 e. The van der Waals surface area contributed by atoms with Crippen LogP contribution in [-0.4, -0.2) is 21.7 Å². The van der Waals surface area contributed by atoms with E-state index >= 15 is 0 Å². The highest BCUT2D eigenvalue weighted by atomic mass is 16.2. The zero-order valence-corrected chi connectivity index (χ0v) is 15.1. The summed E-state index contributed by atoms with van der Waals surface area (Å²) in [6.07, 6.45) is 7.32. The molecule has 25 heavy (non-hydrogen) atoms. The molecule has 0 bridgehead atoms. The number of fused-ring (bicyclic) bond motifs is 1. The van der Waals surface area contributed by atoms with E-state index in [0.717, 1.165) is 11.8 Å². The summed E-state index contributed by atoms with van der Waals surface area (Å²) in [6, 6.07) is 7.66. The molecule has 1 N–H and O–H groups in total. The first-order chi connectivity index (χ1) is 12.1. The predicted molar refractivity (Wildman–Crippen MR) is 99.5 cm³/mol. The zero-order valence-electron chi connectivity index (χ0n) is 15.1. The Hall–Kier alpha value is -2.17. The topological polar surface area (TPSA) is 64.0 Å². The minimum absolute atomic E-state index is 0.00435. The van der Waals surface area contributed by atoms with Crippen LogP contribution in [0.15, 0.2) is 29.1 Å². The molecule has 3 rings (SSSR count). The van der Waals surface area contributed by atoms with E-state index in [9.17, 15) is 9.59 Å². The Morgan fingerprint density at radius 1 is 1.28 bits per heavy atom. The van der Waals surface area contributed by atoms with Crippen molar-refractivity contribution in [3.05, 3.63) is 40.3 Å². The van der Waals surface area contributed by atoms with Crippen LogP contribution in [0.3, 0.4) is 0 Å². The van der Waals surface area contributed by atoms with Crippen LogP contribution < -0.4 is 10.9 Å². The lowest BCUT2D eigenvalue weighted by molar-refractivity contribution is -0.121. The first kappa shape index (κ1) is 17.6. The quantitative estimate of drug-likeness (QED) is 0.878. The van der Waals surface area contributed by atoms with Crippen molar-refractivity contribution in [3.63, 3.8) is 0 Å². The first-order valence-electron chi connectivity index (χ1n) is 9.34. The molecule has 1 aliphatic rings. The summed E-state index contributed by atoms with van der Waals surface area (Å²) in [5, 5.41) is 8.93. The number of unbranched alkanes of at least 4 members (excludes halogenated alkanes) is 1. The molecule has 2 unspecified atom stereocenters. The molecule has 1 aromatic heterocycles. The normalized spacial score (nSPS) is 20.1. The maximum Gasteiger partial charge on any atom is 0.274 e. The molecule has 5 heteroatoms. The molecule has 1 aromatic carbocycles. The molecular weight excluding hydrogens is 314 g/mol. The number of nitrogens with zero attached hydrogens (tertiary/aromatic N) is 2. The van der Waals surface area contributed by atoms with Crippen LogP contribution in [0.25, 0.3) is 10.8 Å². The molecule has 1 saturated carbocycles. The average Bonchev–Trinajstić information content (AvgIpc) is 3.04. The van der Waals surface area contributed by atoms with E-state index in [-0.39, 0.29) is 23.9 Å². The van der Waals surface area contributed by atoms with Gasteiger partial charge in [0.1, 0.15) is 0 Å². The van der Waals surface area contributed by atoms with Crippen molar-refractivity contribution in [2.75, 3.05) is 0 Å². The summed E-state index contributed by atoms with van der Waals surface area (Å²) < 4.78 is 1.32. The molecule has 0 saturated heterocycles. The second-order valence-corrected chi connectivity index (χ2v) is 7.11. The summed E-state index contributed by atoms with van der Waals surface area (Å²) in [5.41, 5.74) is 0.536. The highest BCUT2D eigenvalue weighted by Crippen LogP contribution is 2.30. The van der Waals surface area contributed by atoms with Gasteiger partial charge in [0.25, 0.3) is 5.56 Å². The third-order valence-electron chi connectivity index (χ3n) is 5.29. The second-order valence-electron chi connectivity index (χ2n) is 7.11. The summed E-state index contributed by atoms with van der Waals surface area (Å²) in [5.74, 6) is 0.610. The number of carbonyl (C=O) groups is 1. The van der Waals surface area contributed by atoms with Crippen LogP contribution in [0, 0.1) is 5.92 Å². The number of hydrogen-bond acceptors (Lipinski definition) is 3. The van der Waals surface area contributed by atoms with Crippen molar-refractivity contribution in [1.29, 1.82) is 0 Å². The third kappa shape index (κ3) is 3.91. The van der Waals surface area contributed by atoms with Gasteiger partial charge in [0.15, 0.2) is 0 Å². The lowest BCUT2D eigenvalue weighted by atomic mass is 9.96. The van der Waals surface area contributed by atoms with Crippen LogP contribution in [0.1, 0.15) is 51.1 Å². The summed E-state index contributed by atoms with van der Waals surface area (Å²) in [4.78, 5) is 24.8. The molecule has 5 nitrogen and oxygen atoms in total. The molecule has 1 fully saturated rings. The molecule has 1 heterocycles. The largest absolute Gasteiger partial charge is 0.353 e. The average molecular weight is 341 g/mol. The maximum atomic E-state index is 12.6. The Kier molecular flexibility index (Phi) is 5.51. The Bertz CT molecular complexity index is 812. The standard InChI is InChI=1S/C20H27N3O2/c1-3-4-8-14-9-7-12-17(14)21-19(24)13-18-15-10-5-6-11-16(15)20(25)23(2)22-18/h5-6,10-11,14,17H,3-4,7-9,12-13H2,1-2H3,(H,21,24). The van der Waals surface area contributed by atoms with Crippen LogP contribution in [-0.2, 0) is 18.3 Å². The van der Waals surface area contributed by atoms with Gasteiger partial charge in [-0.2, -0.15) is 5.10 Å². The van der Waals surface area contributed by atoms with E-state index in [1.807, 2.05) is 18.2 Å². The van der Waals surface area contributed by atoms with Gasteiger partial charge in [0, 0.05) is 18.5 Å². The molecule has 1 amide bonds. The number of nitrogens with one attached hydrogen (secondary N) is 1. The monoisotopic (exact) mass is 341 g/mol. The SMILES string of the molecule is CCCCC1CCCC1NC(=O)Cc1nn(C)c(=O)c2ccccc12. The number of aromatic nitrogens is 2. The third-order valence-corrected chi connectivity index (χ3v) is 5.29. The van der Waals surface area contributed by atoms with Crippen molar-refractivity contribution in [2.24, 2.45) is 13.0 Å². The number of hydrogen-bond donors (Lipinski definition) is 1. The molecule has 2 atom stereocenters. The Balaban J connectivity index is 1.74. The van der Waals surface area contributed by atoms with Gasteiger partial charge in [-0.1, -0.05) is 44.4 Å². The molecule has 0 radical (unpaired) electrons. The number of aryl methyl sites for hydroxylation is 1. The van der Waals surface area contributed by atoms with E-state index in [2.05, 4.69) is 17.3 Å². The van der Waals surface area contributed by atoms with Crippen molar-refractivity contribution >= 4 is 16.7 Å². The highest BCUT2D eigenvalue weighted by molar-refractivity contribution is 5.88. The summed E-state index contributed by atoms with van der Waals surface area (Å²) in [7, 11) is 1.63. The molecule has 0 spiro atoms. The van der Waals surface area contributed by atoms with Gasteiger partial charge < -0.3 is 5.32 Å². The van der Waals surface area contributed by atoms with Crippen LogP contribution >= 0.6 is 0 Å². The van der Waals surface area contributed by atoms with Gasteiger partial charge >= 0.3 is 0 Å². The first-order valence-corrected chi connectivity index (χ1v) is 9.34. The fourth-order valence-corrected chi connectivity index (χ4v) is 3.96. The van der Waals surface area contributed by atoms with Crippen LogP contribution in [0.5, 0.6) is 0 Å². The van der Waals surface area contributed by atoms with E-state index < -0.39 is 0 Å². The van der Waals surface area contributed by atoms with Gasteiger partial charge in [0.05, 0.1) is 17.5 Å². The van der Waals surface area contributed by atoms with Gasteiger partial charge in [-0.3, -0.25) is 9.59 Å². The van der Waals surface area contributed by atoms with Crippen molar-refractivity contribution in [1.82, 2.24) is 15.1 Å². The Labute approximate surface area is 148 Å². The number of benzene rings is 1. The Morgan fingerprint density at radius 3 is 2.80 bits per heavy atom. The molecule has 2 aromatic rings. The second kappa shape index (κ2) is 7.81. The van der Waals surface area contributed by atoms with Crippen molar-refractivity contribution in [3.8, 4) is 0 Å². The fraction of sp³-hybridized carbons (Fsp3) is 0.550. The number of rotatable bonds is 6. The molecule has 134 valence electrons. The van der Waals surface area contributed by atoms with Crippen LogP contribution in [0.4, 0.5) is 0 Å². The minimum atomic E-state index is -0.129. The summed E-state index contributed by atoms with van der Waals surface area (Å²) in [6.45, 7) is 2.21. The lowest BCUT2D eigenvalue weighted by Crippen LogP contribution is -2.38. The molecular formula is C20H27N3O2. The molecule has 1 aliphatic carbocycles. The lowest BCUT2D eigenvalue weighted by Gasteiger charge is -2.21. The van der Waals surface area contributed by atoms with Gasteiger partial charge in [-0.15, -0.1) is 0 Å². The van der Waals surface area contributed by atoms with Crippen molar-refractivity contribution < 1.29 is 4.79 Å². The smallest absolute Gasteiger partial charge is 0.274 e. The fourth-order valence-electron chi connectivity index (χ4n) is 3.96. The van der Waals surface area contributed by atoms with E-state index in [4.69, 9.17) is 0 Å². The zero-order chi connectivity index (χ0) is 17.8. The Morgan fingerprint density at radius 2 is 2.04 bits per heavy atom. The molecule has 0 aliphatic heterocycles. The van der Waals surface area contributed by atoms with E-state index in [0.29, 0.717) is 17.0 Å². The van der Waals surface area contributed by atoms with E-state index in [1.54, 1.807) is 13.1 Å². The van der Waals surface area contributed by atoms with Crippen molar-refractivity contribution in [2.45, 2.75) is 57.9 Å².